The number of hydrazone groups is 1. The average molecular weight is 520 g/mol. The molecule has 36 heavy (non-hydrogen) atoms. The van der Waals surface area contributed by atoms with Crippen molar-refractivity contribution in [3.05, 3.63) is 112 Å². The minimum absolute atomic E-state index is 0.265. The molecule has 4 rings (SSSR count). The van der Waals surface area contributed by atoms with Gasteiger partial charge in [0, 0.05) is 21.2 Å². The SMILES string of the molecule is O=C(CNC(=O)c1cccc(Cl)c1)NN=Cc1c(OC(=O)c2ccc(Cl)cc2)ccc2ccccc12. The van der Waals surface area contributed by atoms with Gasteiger partial charge in [0.25, 0.3) is 11.8 Å². The lowest BCUT2D eigenvalue weighted by Crippen LogP contribution is -2.34. The van der Waals surface area contributed by atoms with Gasteiger partial charge in [-0.25, -0.2) is 10.2 Å². The maximum atomic E-state index is 12.7. The topological polar surface area (TPSA) is 96.9 Å². The number of ether oxygens (including phenoxy) is 1. The molecule has 0 radical (unpaired) electrons. The smallest absolute Gasteiger partial charge is 0.343 e. The molecule has 7 nitrogen and oxygen atoms in total. The zero-order chi connectivity index (χ0) is 25.5. The molecule has 0 heterocycles. The van der Waals surface area contributed by atoms with Gasteiger partial charge in [0.15, 0.2) is 0 Å². The van der Waals surface area contributed by atoms with Crippen LogP contribution >= 0.6 is 23.2 Å². The number of halogens is 2. The highest BCUT2D eigenvalue weighted by Gasteiger charge is 2.14. The summed E-state index contributed by atoms with van der Waals surface area (Å²) in [4.78, 5) is 37.0. The molecule has 180 valence electrons. The van der Waals surface area contributed by atoms with Crippen molar-refractivity contribution in [2.75, 3.05) is 6.54 Å². The second kappa shape index (κ2) is 11.5. The summed E-state index contributed by atoms with van der Waals surface area (Å²) in [5, 5.41) is 9.09. The summed E-state index contributed by atoms with van der Waals surface area (Å²) in [5.74, 6) is -1.28. The highest BCUT2D eigenvalue weighted by molar-refractivity contribution is 6.31. The summed E-state index contributed by atoms with van der Waals surface area (Å²) in [7, 11) is 0. The molecule has 0 aliphatic carbocycles. The van der Waals surface area contributed by atoms with Crippen LogP contribution in [0.15, 0.2) is 90.0 Å². The van der Waals surface area contributed by atoms with Crippen LogP contribution in [0, 0.1) is 0 Å². The van der Waals surface area contributed by atoms with Crippen LogP contribution in [0.5, 0.6) is 5.75 Å². The molecule has 9 heteroatoms. The molecule has 0 spiro atoms. The molecule has 2 N–H and O–H groups in total. The van der Waals surface area contributed by atoms with Crippen LogP contribution in [0.25, 0.3) is 10.8 Å². The molecule has 0 aliphatic heterocycles. The van der Waals surface area contributed by atoms with Gasteiger partial charge in [-0.2, -0.15) is 5.10 Å². The van der Waals surface area contributed by atoms with Crippen LogP contribution in [0.1, 0.15) is 26.3 Å². The first-order valence-corrected chi connectivity index (χ1v) is 11.5. The molecular weight excluding hydrogens is 501 g/mol. The standard InChI is InChI=1S/C27H19Cl2N3O4/c28-20-11-8-18(9-12-20)27(35)36-24-13-10-17-4-1-2-7-22(17)23(24)15-31-32-25(33)16-30-26(34)19-5-3-6-21(29)14-19/h1-15H,16H2,(H,30,34)(H,32,33). The van der Waals surface area contributed by atoms with E-state index in [1.54, 1.807) is 48.5 Å². The predicted octanol–water partition coefficient (Wildman–Crippen LogP) is 5.25. The zero-order valence-corrected chi connectivity index (χ0v) is 20.2. The number of esters is 1. The molecule has 2 amide bonds. The Bertz CT molecular complexity index is 1470. The lowest BCUT2D eigenvalue weighted by molar-refractivity contribution is -0.120. The molecule has 0 aromatic heterocycles. The van der Waals surface area contributed by atoms with Crippen LogP contribution < -0.4 is 15.5 Å². The lowest BCUT2D eigenvalue weighted by Gasteiger charge is -2.11. The van der Waals surface area contributed by atoms with Gasteiger partial charge in [-0.1, -0.05) is 59.6 Å². The van der Waals surface area contributed by atoms with Crippen molar-refractivity contribution in [2.45, 2.75) is 0 Å². The largest absolute Gasteiger partial charge is 0.422 e. The van der Waals surface area contributed by atoms with Crippen LogP contribution in [0.2, 0.25) is 10.0 Å². The molecule has 0 atom stereocenters. The number of rotatable bonds is 7. The van der Waals surface area contributed by atoms with Crippen molar-refractivity contribution in [2.24, 2.45) is 5.10 Å². The van der Waals surface area contributed by atoms with E-state index in [0.29, 0.717) is 26.7 Å². The van der Waals surface area contributed by atoms with Crippen molar-refractivity contribution in [3.63, 3.8) is 0 Å². The molecule has 0 saturated carbocycles. The van der Waals surface area contributed by atoms with E-state index in [0.717, 1.165) is 10.8 Å². The monoisotopic (exact) mass is 519 g/mol. The third-order valence-corrected chi connectivity index (χ3v) is 5.58. The van der Waals surface area contributed by atoms with E-state index in [2.05, 4.69) is 15.8 Å². The number of nitrogens with one attached hydrogen (secondary N) is 2. The van der Waals surface area contributed by atoms with Crippen molar-refractivity contribution in [1.82, 2.24) is 10.7 Å². The number of nitrogens with zero attached hydrogens (tertiary/aromatic N) is 1. The Balaban J connectivity index is 1.47. The Kier molecular flexibility index (Phi) is 7.95. The Morgan fingerprint density at radius 3 is 2.39 bits per heavy atom. The minimum atomic E-state index is -0.565. The first kappa shape index (κ1) is 24.9. The number of fused-ring (bicyclic) bond motifs is 1. The van der Waals surface area contributed by atoms with Crippen LogP contribution in [-0.4, -0.2) is 30.5 Å². The van der Waals surface area contributed by atoms with Crippen molar-refractivity contribution in [1.29, 1.82) is 0 Å². The second-order valence-electron chi connectivity index (χ2n) is 7.58. The fourth-order valence-corrected chi connectivity index (χ4v) is 3.66. The van der Waals surface area contributed by atoms with Gasteiger partial charge in [-0.3, -0.25) is 9.59 Å². The quantitative estimate of drug-likeness (QED) is 0.151. The average Bonchev–Trinajstić information content (AvgIpc) is 2.88. The first-order valence-electron chi connectivity index (χ1n) is 10.8. The Morgan fingerprint density at radius 1 is 0.833 bits per heavy atom. The summed E-state index contributed by atoms with van der Waals surface area (Å²) >= 11 is 11.8. The van der Waals surface area contributed by atoms with Crippen molar-refractivity contribution in [3.8, 4) is 5.75 Å². The maximum Gasteiger partial charge on any atom is 0.343 e. The highest BCUT2D eigenvalue weighted by Crippen LogP contribution is 2.27. The van der Waals surface area contributed by atoms with Crippen molar-refractivity contribution < 1.29 is 19.1 Å². The summed E-state index contributed by atoms with van der Waals surface area (Å²) in [6.07, 6.45) is 1.39. The molecule has 0 saturated heterocycles. The first-order chi connectivity index (χ1) is 17.4. The van der Waals surface area contributed by atoms with Crippen LogP contribution in [0.3, 0.4) is 0 Å². The van der Waals surface area contributed by atoms with Gasteiger partial charge in [0.1, 0.15) is 5.75 Å². The molecule has 0 fully saturated rings. The van der Waals surface area contributed by atoms with Gasteiger partial charge in [-0.05, 0) is 59.3 Å². The molecule has 4 aromatic carbocycles. The van der Waals surface area contributed by atoms with E-state index < -0.39 is 17.8 Å². The number of amides is 2. The van der Waals surface area contributed by atoms with E-state index in [-0.39, 0.29) is 12.3 Å². The number of carbonyl (C=O) groups excluding carboxylic acids is 3. The van der Waals surface area contributed by atoms with Gasteiger partial charge < -0.3 is 10.1 Å². The zero-order valence-electron chi connectivity index (χ0n) is 18.7. The maximum absolute atomic E-state index is 12.7. The summed E-state index contributed by atoms with van der Waals surface area (Å²) in [5.41, 5.74) is 3.53. The molecule has 4 aromatic rings. The van der Waals surface area contributed by atoms with E-state index >= 15 is 0 Å². The normalized spacial score (nSPS) is 10.8. The van der Waals surface area contributed by atoms with Gasteiger partial charge >= 0.3 is 5.97 Å². The van der Waals surface area contributed by atoms with E-state index in [1.165, 1.54) is 12.3 Å². The number of carbonyl (C=O) groups is 3. The third kappa shape index (κ3) is 6.27. The predicted molar refractivity (Wildman–Crippen MR) is 140 cm³/mol. The molecule has 0 unspecified atom stereocenters. The summed E-state index contributed by atoms with van der Waals surface area (Å²) < 4.78 is 5.62. The van der Waals surface area contributed by atoms with Crippen LogP contribution in [0.4, 0.5) is 0 Å². The van der Waals surface area contributed by atoms with Crippen LogP contribution in [-0.2, 0) is 4.79 Å². The number of hydrogen-bond acceptors (Lipinski definition) is 5. The van der Waals surface area contributed by atoms with Gasteiger partial charge in [-0.15, -0.1) is 0 Å². The number of hydrogen-bond donors (Lipinski definition) is 2. The van der Waals surface area contributed by atoms with Gasteiger partial charge in [0.2, 0.25) is 0 Å². The molecule has 0 aliphatic rings. The highest BCUT2D eigenvalue weighted by atomic mass is 35.5. The Morgan fingerprint density at radius 2 is 1.61 bits per heavy atom. The second-order valence-corrected chi connectivity index (χ2v) is 8.45. The van der Waals surface area contributed by atoms with E-state index in [1.807, 2.05) is 30.3 Å². The van der Waals surface area contributed by atoms with E-state index in [4.69, 9.17) is 27.9 Å². The fourth-order valence-electron chi connectivity index (χ4n) is 3.34. The number of benzene rings is 4. The molecule has 0 bridgehead atoms. The Hall–Kier alpha value is -4.20. The van der Waals surface area contributed by atoms with Gasteiger partial charge in [0.05, 0.1) is 18.3 Å². The van der Waals surface area contributed by atoms with Crippen molar-refractivity contribution >= 4 is 58.0 Å². The lowest BCUT2D eigenvalue weighted by atomic mass is 10.0. The summed E-state index contributed by atoms with van der Waals surface area (Å²) in [6.45, 7) is -0.295. The minimum Gasteiger partial charge on any atom is -0.422 e. The molecular formula is C27H19Cl2N3O4. The summed E-state index contributed by atoms with van der Waals surface area (Å²) in [6, 6.07) is 23.7. The fraction of sp³-hybridized carbons (Fsp3) is 0.0370. The van der Waals surface area contributed by atoms with E-state index in [9.17, 15) is 14.4 Å². The third-order valence-electron chi connectivity index (χ3n) is 5.09. The Labute approximate surface area is 216 Å².